The molecule has 1 fully saturated rings. The topological polar surface area (TPSA) is 83.3 Å². The number of benzene rings is 2. The molecule has 2 aromatic carbocycles. The minimum Gasteiger partial charge on any atom is -0.364 e. The predicted molar refractivity (Wildman–Crippen MR) is 105 cm³/mol. The maximum absolute atomic E-state index is 15.8. The summed E-state index contributed by atoms with van der Waals surface area (Å²) in [4.78, 5) is 26.6. The molecule has 3 heterocycles. The number of hydrogen-bond donors (Lipinski definition) is 2. The average molecular weight is 416 g/mol. The van der Waals surface area contributed by atoms with Gasteiger partial charge < -0.3 is 14.7 Å². The molecule has 0 bridgehead atoms. The van der Waals surface area contributed by atoms with Crippen LogP contribution < -0.4 is 21.2 Å². The minimum atomic E-state index is -0.959. The maximum Gasteiger partial charge on any atom is 0.293 e. The van der Waals surface area contributed by atoms with E-state index in [0.717, 1.165) is 18.2 Å². The number of hydrogen-bond acceptors (Lipinski definition) is 5. The number of aromatic amines is 1. The zero-order valence-electron chi connectivity index (χ0n) is 15.5. The zero-order chi connectivity index (χ0) is 21.0. The molecular formula is C20H15F3N4O3. The van der Waals surface area contributed by atoms with Gasteiger partial charge in [-0.3, -0.25) is 14.2 Å². The van der Waals surface area contributed by atoms with Crippen LogP contribution >= 0.6 is 0 Å². The fourth-order valence-electron chi connectivity index (χ4n) is 3.89. The largest absolute Gasteiger partial charge is 0.364 e. The third kappa shape index (κ3) is 2.64. The Kier molecular flexibility index (Phi) is 4.17. The zero-order valence-corrected chi connectivity index (χ0v) is 15.5. The number of pyridine rings is 1. The smallest absolute Gasteiger partial charge is 0.293 e. The Bertz CT molecular complexity index is 1400. The van der Waals surface area contributed by atoms with Gasteiger partial charge in [0.2, 0.25) is 11.1 Å². The Morgan fingerprint density at radius 2 is 1.70 bits per heavy atom. The van der Waals surface area contributed by atoms with Crippen LogP contribution in [-0.4, -0.2) is 35.9 Å². The number of H-pyrrole nitrogens is 1. The molecule has 30 heavy (non-hydrogen) atoms. The normalized spacial score (nSPS) is 14.7. The van der Waals surface area contributed by atoms with Gasteiger partial charge in [0.15, 0.2) is 11.2 Å². The Balaban J connectivity index is 1.95. The lowest BCUT2D eigenvalue weighted by Gasteiger charge is -2.30. The van der Waals surface area contributed by atoms with Crippen LogP contribution in [-0.2, 0) is 0 Å². The van der Waals surface area contributed by atoms with Gasteiger partial charge in [0.1, 0.15) is 17.3 Å². The highest BCUT2D eigenvalue weighted by Gasteiger charge is 2.27. The SMILES string of the molecule is O=c1[nH]oc2c1c(=O)c1cc(F)c(N3CCNCC3)c(F)c1n2-c1ccc(F)cc1. The van der Waals surface area contributed by atoms with Gasteiger partial charge in [-0.2, -0.15) is 5.16 Å². The van der Waals surface area contributed by atoms with E-state index in [2.05, 4.69) is 10.5 Å². The number of nitrogens with one attached hydrogen (secondary N) is 2. The molecule has 4 aromatic rings. The second kappa shape index (κ2) is 6.77. The first-order valence-electron chi connectivity index (χ1n) is 9.27. The molecule has 0 unspecified atom stereocenters. The highest BCUT2D eigenvalue weighted by atomic mass is 19.1. The molecule has 7 nitrogen and oxygen atoms in total. The Morgan fingerprint density at radius 3 is 2.40 bits per heavy atom. The summed E-state index contributed by atoms with van der Waals surface area (Å²) in [5.74, 6) is -2.38. The molecule has 0 aliphatic carbocycles. The summed E-state index contributed by atoms with van der Waals surface area (Å²) in [6, 6.07) is 5.92. The molecule has 0 spiro atoms. The van der Waals surface area contributed by atoms with Crippen LogP contribution in [0.3, 0.4) is 0 Å². The van der Waals surface area contributed by atoms with E-state index in [-0.39, 0.29) is 33.4 Å². The van der Waals surface area contributed by atoms with E-state index < -0.39 is 28.4 Å². The third-order valence-electron chi connectivity index (χ3n) is 5.27. The summed E-state index contributed by atoms with van der Waals surface area (Å²) in [5, 5.41) is 4.49. The standard InChI is InChI=1S/C20H15F3N4O3/c21-10-1-3-11(4-2-10)27-16-12(18(28)14-19(29)25-30-20(14)27)9-13(22)17(15(16)23)26-7-5-24-6-8-26/h1-4,9,24H,5-8H2,(H,25,29). The van der Waals surface area contributed by atoms with E-state index in [9.17, 15) is 18.4 Å². The van der Waals surface area contributed by atoms with E-state index in [1.165, 1.54) is 16.7 Å². The fraction of sp³-hybridized carbons (Fsp3) is 0.200. The number of anilines is 1. The average Bonchev–Trinajstić information content (AvgIpc) is 3.12. The van der Waals surface area contributed by atoms with Gasteiger partial charge in [0.05, 0.1) is 10.9 Å². The molecule has 1 aliphatic rings. The van der Waals surface area contributed by atoms with Crippen LogP contribution in [0.5, 0.6) is 0 Å². The summed E-state index contributed by atoms with van der Waals surface area (Å²) < 4.78 is 50.6. The molecule has 1 saturated heterocycles. The molecule has 0 saturated carbocycles. The summed E-state index contributed by atoms with van der Waals surface area (Å²) in [7, 11) is 0. The van der Waals surface area contributed by atoms with Gasteiger partial charge in [-0.25, -0.2) is 13.2 Å². The Labute approximate surface area is 166 Å². The van der Waals surface area contributed by atoms with Crippen LogP contribution in [0.4, 0.5) is 18.9 Å². The number of piperazine rings is 1. The number of nitrogens with zero attached hydrogens (tertiary/aromatic N) is 2. The van der Waals surface area contributed by atoms with Gasteiger partial charge in [-0.05, 0) is 30.3 Å². The molecular weight excluding hydrogens is 401 g/mol. The van der Waals surface area contributed by atoms with Crippen molar-refractivity contribution < 1.29 is 17.7 Å². The second-order valence-electron chi connectivity index (χ2n) is 7.01. The van der Waals surface area contributed by atoms with Crippen molar-refractivity contribution >= 4 is 27.7 Å². The van der Waals surface area contributed by atoms with E-state index in [1.807, 2.05) is 0 Å². The van der Waals surface area contributed by atoms with Crippen molar-refractivity contribution in [2.45, 2.75) is 0 Å². The van der Waals surface area contributed by atoms with Crippen molar-refractivity contribution in [3.05, 3.63) is 68.4 Å². The van der Waals surface area contributed by atoms with Crippen molar-refractivity contribution in [1.29, 1.82) is 0 Å². The first-order chi connectivity index (χ1) is 14.5. The maximum atomic E-state index is 15.8. The van der Waals surface area contributed by atoms with Crippen molar-refractivity contribution in [2.75, 3.05) is 31.1 Å². The molecule has 154 valence electrons. The van der Waals surface area contributed by atoms with Crippen LogP contribution in [0, 0.1) is 17.5 Å². The Morgan fingerprint density at radius 1 is 1.00 bits per heavy atom. The van der Waals surface area contributed by atoms with Crippen LogP contribution in [0.1, 0.15) is 0 Å². The quantitative estimate of drug-likeness (QED) is 0.524. The molecule has 0 atom stereocenters. The lowest BCUT2D eigenvalue weighted by atomic mass is 10.1. The van der Waals surface area contributed by atoms with Crippen molar-refractivity contribution in [1.82, 2.24) is 15.0 Å². The molecule has 0 radical (unpaired) electrons. The van der Waals surface area contributed by atoms with Gasteiger partial charge in [0, 0.05) is 31.9 Å². The first-order valence-corrected chi connectivity index (χ1v) is 9.27. The number of aromatic nitrogens is 2. The summed E-state index contributed by atoms with van der Waals surface area (Å²) >= 11 is 0. The molecule has 5 rings (SSSR count). The van der Waals surface area contributed by atoms with Crippen molar-refractivity contribution in [3.8, 4) is 5.69 Å². The lowest BCUT2D eigenvalue weighted by Crippen LogP contribution is -2.44. The van der Waals surface area contributed by atoms with Gasteiger partial charge in [0.25, 0.3) is 5.56 Å². The highest BCUT2D eigenvalue weighted by Crippen LogP contribution is 2.33. The molecule has 2 aromatic heterocycles. The van der Waals surface area contributed by atoms with E-state index in [0.29, 0.717) is 26.2 Å². The van der Waals surface area contributed by atoms with Crippen LogP contribution in [0.25, 0.3) is 27.7 Å². The molecule has 2 N–H and O–H groups in total. The summed E-state index contributed by atoms with van der Waals surface area (Å²) in [6.45, 7) is 1.85. The van der Waals surface area contributed by atoms with Crippen molar-refractivity contribution in [3.63, 3.8) is 0 Å². The number of rotatable bonds is 2. The van der Waals surface area contributed by atoms with Crippen molar-refractivity contribution in [2.24, 2.45) is 0 Å². The summed E-state index contributed by atoms with van der Waals surface area (Å²) in [5.41, 5.74) is -2.18. The third-order valence-corrected chi connectivity index (χ3v) is 5.27. The Hall–Kier alpha value is -3.53. The van der Waals surface area contributed by atoms with E-state index in [4.69, 9.17) is 4.52 Å². The predicted octanol–water partition coefficient (Wildman–Crippen LogP) is 2.25. The van der Waals surface area contributed by atoms with Crippen LogP contribution in [0.15, 0.2) is 44.4 Å². The van der Waals surface area contributed by atoms with Gasteiger partial charge in [-0.1, -0.05) is 0 Å². The fourth-order valence-corrected chi connectivity index (χ4v) is 3.89. The van der Waals surface area contributed by atoms with E-state index >= 15 is 4.39 Å². The van der Waals surface area contributed by atoms with Gasteiger partial charge >= 0.3 is 0 Å². The van der Waals surface area contributed by atoms with Gasteiger partial charge in [-0.15, -0.1) is 0 Å². The summed E-state index contributed by atoms with van der Waals surface area (Å²) in [6.07, 6.45) is 0. The monoisotopic (exact) mass is 416 g/mol. The lowest BCUT2D eigenvalue weighted by molar-refractivity contribution is 0.437. The number of fused-ring (bicyclic) bond motifs is 2. The molecule has 0 amide bonds. The highest BCUT2D eigenvalue weighted by molar-refractivity contribution is 5.95. The first kappa shape index (κ1) is 18.5. The number of halogens is 3. The second-order valence-corrected chi connectivity index (χ2v) is 7.01. The minimum absolute atomic E-state index is 0.235. The van der Waals surface area contributed by atoms with E-state index in [1.54, 1.807) is 4.90 Å². The molecule has 1 aliphatic heterocycles. The van der Waals surface area contributed by atoms with Crippen LogP contribution in [0.2, 0.25) is 0 Å². The molecule has 10 heteroatoms.